The number of ether oxygens (including phenoxy) is 2. The van der Waals surface area contributed by atoms with E-state index in [0.29, 0.717) is 13.2 Å². The first-order valence-electron chi connectivity index (χ1n) is 6.69. The number of methoxy groups -OCH3 is 1. The molecule has 4 nitrogen and oxygen atoms in total. The van der Waals surface area contributed by atoms with Crippen LogP contribution < -0.4 is 15.2 Å². The Hall–Kier alpha value is -1.59. The summed E-state index contributed by atoms with van der Waals surface area (Å²) in [5.74, 6) is 1.47. The lowest BCUT2D eigenvalue weighted by atomic mass is 10.1. The van der Waals surface area contributed by atoms with Gasteiger partial charge in [-0.25, -0.2) is 4.98 Å². The largest absolute Gasteiger partial charge is 0.493 e. The minimum Gasteiger partial charge on any atom is -0.493 e. The van der Waals surface area contributed by atoms with Gasteiger partial charge in [0.2, 0.25) is 0 Å². The number of nitrogens with zero attached hydrogens (tertiary/aromatic N) is 1. The summed E-state index contributed by atoms with van der Waals surface area (Å²) in [6, 6.07) is 5.92. The molecule has 2 rings (SSSR count). The van der Waals surface area contributed by atoms with Gasteiger partial charge in [0.15, 0.2) is 11.5 Å². The molecule has 20 heavy (non-hydrogen) atoms. The van der Waals surface area contributed by atoms with Crippen molar-refractivity contribution in [2.75, 3.05) is 13.7 Å². The highest BCUT2D eigenvalue weighted by atomic mass is 32.1. The zero-order chi connectivity index (χ0) is 14.4. The predicted molar refractivity (Wildman–Crippen MR) is 81.6 cm³/mol. The maximum atomic E-state index is 5.79. The summed E-state index contributed by atoms with van der Waals surface area (Å²) in [6.45, 7) is 3.19. The van der Waals surface area contributed by atoms with E-state index in [2.05, 4.69) is 11.9 Å². The monoisotopic (exact) mass is 292 g/mol. The van der Waals surface area contributed by atoms with E-state index in [1.54, 1.807) is 18.4 Å². The molecule has 1 aromatic carbocycles. The van der Waals surface area contributed by atoms with Gasteiger partial charge in [-0.05, 0) is 37.1 Å². The first kappa shape index (κ1) is 14.8. The third kappa shape index (κ3) is 3.71. The van der Waals surface area contributed by atoms with Gasteiger partial charge < -0.3 is 15.2 Å². The van der Waals surface area contributed by atoms with Crippen molar-refractivity contribution in [2.45, 2.75) is 26.4 Å². The Labute approximate surface area is 123 Å². The highest BCUT2D eigenvalue weighted by Crippen LogP contribution is 2.29. The first-order valence-corrected chi connectivity index (χ1v) is 7.57. The van der Waals surface area contributed by atoms with Crippen LogP contribution in [0, 0.1) is 0 Å². The van der Waals surface area contributed by atoms with Crippen LogP contribution >= 0.6 is 11.3 Å². The maximum Gasteiger partial charge on any atom is 0.161 e. The van der Waals surface area contributed by atoms with Crippen molar-refractivity contribution >= 4 is 11.3 Å². The Balaban J connectivity index is 2.04. The van der Waals surface area contributed by atoms with E-state index in [4.69, 9.17) is 15.2 Å². The number of thiazole rings is 1. The van der Waals surface area contributed by atoms with Crippen LogP contribution in [-0.2, 0) is 19.4 Å². The van der Waals surface area contributed by atoms with Crippen molar-refractivity contribution in [2.24, 2.45) is 5.73 Å². The molecule has 0 saturated carbocycles. The number of hydrogen-bond donors (Lipinski definition) is 1. The molecular formula is C15H20N2O2S. The maximum absolute atomic E-state index is 5.79. The molecule has 2 N–H and O–H groups in total. The van der Waals surface area contributed by atoms with Gasteiger partial charge in [0.25, 0.3) is 0 Å². The highest BCUT2D eigenvalue weighted by molar-refractivity contribution is 7.09. The van der Waals surface area contributed by atoms with Crippen molar-refractivity contribution in [3.8, 4) is 11.5 Å². The minimum atomic E-state index is 0.461. The molecule has 0 radical (unpaired) electrons. The average molecular weight is 292 g/mol. The molecule has 1 heterocycles. The molecular weight excluding hydrogens is 272 g/mol. The van der Waals surface area contributed by atoms with E-state index < -0.39 is 0 Å². The van der Waals surface area contributed by atoms with Crippen LogP contribution in [0.3, 0.4) is 0 Å². The fourth-order valence-corrected chi connectivity index (χ4v) is 2.61. The van der Waals surface area contributed by atoms with Gasteiger partial charge in [-0.2, -0.15) is 0 Å². The molecule has 5 heteroatoms. The molecule has 0 aliphatic heterocycles. The molecule has 108 valence electrons. The molecule has 0 saturated heterocycles. The summed E-state index contributed by atoms with van der Waals surface area (Å²) in [7, 11) is 1.65. The smallest absolute Gasteiger partial charge is 0.161 e. The molecule has 2 aromatic rings. The van der Waals surface area contributed by atoms with Crippen molar-refractivity contribution in [1.29, 1.82) is 0 Å². The number of nitrogens with two attached hydrogens (primary N) is 1. The zero-order valence-electron chi connectivity index (χ0n) is 11.9. The van der Waals surface area contributed by atoms with E-state index in [1.165, 1.54) is 0 Å². The van der Waals surface area contributed by atoms with E-state index in [9.17, 15) is 0 Å². The van der Waals surface area contributed by atoms with Gasteiger partial charge >= 0.3 is 0 Å². The Morgan fingerprint density at radius 3 is 2.80 bits per heavy atom. The van der Waals surface area contributed by atoms with E-state index >= 15 is 0 Å². The normalized spacial score (nSPS) is 10.6. The van der Waals surface area contributed by atoms with Gasteiger partial charge in [0.1, 0.15) is 6.61 Å². The summed E-state index contributed by atoms with van der Waals surface area (Å²) in [6.07, 6.45) is 1.80. The quantitative estimate of drug-likeness (QED) is 0.852. The Kier molecular flexibility index (Phi) is 5.38. The van der Waals surface area contributed by atoms with Crippen molar-refractivity contribution < 1.29 is 9.47 Å². The summed E-state index contributed by atoms with van der Waals surface area (Å²) in [5, 5.41) is 3.17. The van der Waals surface area contributed by atoms with Gasteiger partial charge in [0.05, 0.1) is 17.8 Å². The van der Waals surface area contributed by atoms with Gasteiger partial charge in [-0.3, -0.25) is 0 Å². The van der Waals surface area contributed by atoms with Gasteiger partial charge in [0, 0.05) is 5.38 Å². The molecule has 0 aliphatic carbocycles. The van der Waals surface area contributed by atoms with Crippen molar-refractivity contribution in [3.05, 3.63) is 39.8 Å². The Morgan fingerprint density at radius 2 is 2.15 bits per heavy atom. The highest BCUT2D eigenvalue weighted by Gasteiger charge is 2.07. The van der Waals surface area contributed by atoms with Crippen LogP contribution in [0.1, 0.15) is 23.2 Å². The third-order valence-corrected chi connectivity index (χ3v) is 3.98. The molecule has 0 bridgehead atoms. The van der Waals surface area contributed by atoms with Crippen LogP contribution in [0.4, 0.5) is 0 Å². The van der Waals surface area contributed by atoms with E-state index in [0.717, 1.165) is 40.6 Å². The van der Waals surface area contributed by atoms with Gasteiger partial charge in [-0.1, -0.05) is 13.0 Å². The van der Waals surface area contributed by atoms with E-state index in [1.807, 2.05) is 23.6 Å². The zero-order valence-corrected chi connectivity index (χ0v) is 12.7. The fourth-order valence-electron chi connectivity index (χ4n) is 1.88. The molecule has 0 aliphatic rings. The van der Waals surface area contributed by atoms with Crippen LogP contribution in [-0.4, -0.2) is 18.6 Å². The van der Waals surface area contributed by atoms with E-state index in [-0.39, 0.29) is 0 Å². The number of rotatable bonds is 7. The fraction of sp³-hybridized carbons (Fsp3) is 0.400. The SMILES string of the molecule is CCc1nc(COc2ccc(CCN)cc2OC)cs1. The Morgan fingerprint density at radius 1 is 1.30 bits per heavy atom. The Bertz CT molecular complexity index is 555. The second kappa shape index (κ2) is 7.26. The molecule has 0 amide bonds. The first-order chi connectivity index (χ1) is 9.76. The second-order valence-electron chi connectivity index (χ2n) is 4.40. The summed E-state index contributed by atoms with van der Waals surface area (Å²) in [4.78, 5) is 4.48. The molecule has 0 unspecified atom stereocenters. The summed E-state index contributed by atoms with van der Waals surface area (Å²) in [5.41, 5.74) is 7.67. The lowest BCUT2D eigenvalue weighted by molar-refractivity contribution is 0.281. The van der Waals surface area contributed by atoms with Gasteiger partial charge in [-0.15, -0.1) is 11.3 Å². The molecule has 0 atom stereocenters. The average Bonchev–Trinajstić information content (AvgIpc) is 2.94. The lowest BCUT2D eigenvalue weighted by Crippen LogP contribution is -2.03. The summed E-state index contributed by atoms with van der Waals surface area (Å²) < 4.78 is 11.2. The minimum absolute atomic E-state index is 0.461. The standard InChI is InChI=1S/C15H20N2O2S/c1-3-15-17-12(10-20-15)9-19-13-5-4-11(6-7-16)8-14(13)18-2/h4-5,8,10H,3,6-7,9,16H2,1-2H3. The topological polar surface area (TPSA) is 57.4 Å². The predicted octanol–water partition coefficient (Wildman–Crippen LogP) is 2.79. The van der Waals surface area contributed by atoms with Crippen molar-refractivity contribution in [3.63, 3.8) is 0 Å². The number of aromatic nitrogens is 1. The van der Waals surface area contributed by atoms with Crippen LogP contribution in [0.2, 0.25) is 0 Å². The summed E-state index contributed by atoms with van der Waals surface area (Å²) >= 11 is 1.67. The second-order valence-corrected chi connectivity index (χ2v) is 5.34. The number of hydrogen-bond acceptors (Lipinski definition) is 5. The third-order valence-electron chi connectivity index (χ3n) is 2.94. The molecule has 0 spiro atoms. The number of benzene rings is 1. The lowest BCUT2D eigenvalue weighted by Gasteiger charge is -2.11. The molecule has 1 aromatic heterocycles. The van der Waals surface area contributed by atoms with Crippen LogP contribution in [0.5, 0.6) is 11.5 Å². The number of aryl methyl sites for hydroxylation is 1. The van der Waals surface area contributed by atoms with Crippen LogP contribution in [0.25, 0.3) is 0 Å². The molecule has 0 fully saturated rings. The van der Waals surface area contributed by atoms with Crippen molar-refractivity contribution in [1.82, 2.24) is 4.98 Å². The van der Waals surface area contributed by atoms with Crippen LogP contribution in [0.15, 0.2) is 23.6 Å².